The van der Waals surface area contributed by atoms with Crippen LogP contribution in [0.2, 0.25) is 0 Å². The summed E-state index contributed by atoms with van der Waals surface area (Å²) in [5.74, 6) is 0. The first-order valence-corrected chi connectivity index (χ1v) is 6.42. The SMILES string of the molecule is BrCCc1ccccc1.Cc1ccccn1. The first-order valence-electron chi connectivity index (χ1n) is 5.30. The van der Waals surface area contributed by atoms with E-state index in [-0.39, 0.29) is 0 Å². The Labute approximate surface area is 106 Å². The molecule has 2 aromatic rings. The van der Waals surface area contributed by atoms with Gasteiger partial charge in [0.2, 0.25) is 0 Å². The fraction of sp³-hybridized carbons (Fsp3) is 0.214. The highest BCUT2D eigenvalue weighted by Gasteiger charge is 1.85. The van der Waals surface area contributed by atoms with Gasteiger partial charge in [0.1, 0.15) is 0 Å². The second-order valence-electron chi connectivity index (χ2n) is 3.40. The van der Waals surface area contributed by atoms with Gasteiger partial charge in [0.25, 0.3) is 0 Å². The van der Waals surface area contributed by atoms with Gasteiger partial charge < -0.3 is 0 Å². The van der Waals surface area contributed by atoms with Gasteiger partial charge in [0, 0.05) is 17.2 Å². The maximum absolute atomic E-state index is 3.98. The molecule has 0 saturated carbocycles. The number of hydrogen-bond acceptors (Lipinski definition) is 1. The van der Waals surface area contributed by atoms with E-state index in [9.17, 15) is 0 Å². The highest BCUT2D eigenvalue weighted by atomic mass is 79.9. The summed E-state index contributed by atoms with van der Waals surface area (Å²) in [5, 5.41) is 1.05. The van der Waals surface area contributed by atoms with Crippen LogP contribution in [-0.2, 0) is 6.42 Å². The van der Waals surface area contributed by atoms with Gasteiger partial charge in [-0.05, 0) is 31.0 Å². The lowest BCUT2D eigenvalue weighted by molar-refractivity contribution is 1.17. The molecule has 0 N–H and O–H groups in total. The van der Waals surface area contributed by atoms with E-state index in [1.54, 1.807) is 6.20 Å². The Morgan fingerprint density at radius 1 is 1.00 bits per heavy atom. The third kappa shape index (κ3) is 5.66. The number of rotatable bonds is 2. The number of benzene rings is 1. The van der Waals surface area contributed by atoms with Crippen molar-refractivity contribution in [2.75, 3.05) is 5.33 Å². The number of aromatic nitrogens is 1. The quantitative estimate of drug-likeness (QED) is 0.756. The molecular formula is C14H16BrN. The van der Waals surface area contributed by atoms with Crippen LogP contribution in [0.15, 0.2) is 54.7 Å². The fourth-order valence-electron chi connectivity index (χ4n) is 1.20. The summed E-state index contributed by atoms with van der Waals surface area (Å²) < 4.78 is 0. The Kier molecular flexibility index (Phi) is 6.50. The first kappa shape index (κ1) is 12.9. The molecule has 2 rings (SSSR count). The molecule has 1 aromatic heterocycles. The summed E-state index contributed by atoms with van der Waals surface area (Å²) in [6, 6.07) is 16.3. The van der Waals surface area contributed by atoms with Crippen molar-refractivity contribution in [3.8, 4) is 0 Å². The van der Waals surface area contributed by atoms with E-state index >= 15 is 0 Å². The molecule has 1 heterocycles. The van der Waals surface area contributed by atoms with Crippen molar-refractivity contribution >= 4 is 15.9 Å². The largest absolute Gasteiger partial charge is 0.262 e. The number of aryl methyl sites for hydroxylation is 2. The Bertz CT molecular complexity index is 372. The van der Waals surface area contributed by atoms with E-state index in [2.05, 4.69) is 45.2 Å². The van der Waals surface area contributed by atoms with Gasteiger partial charge in [-0.3, -0.25) is 4.98 Å². The zero-order valence-electron chi connectivity index (χ0n) is 9.44. The number of halogens is 1. The molecule has 0 aliphatic rings. The number of nitrogens with zero attached hydrogens (tertiary/aromatic N) is 1. The molecule has 1 nitrogen and oxygen atoms in total. The summed E-state index contributed by atoms with van der Waals surface area (Å²) in [4.78, 5) is 3.98. The molecule has 16 heavy (non-hydrogen) atoms. The van der Waals surface area contributed by atoms with Gasteiger partial charge in [0.15, 0.2) is 0 Å². The summed E-state index contributed by atoms with van der Waals surface area (Å²) in [6.45, 7) is 1.97. The smallest absolute Gasteiger partial charge is 0.0372 e. The van der Waals surface area contributed by atoms with Gasteiger partial charge in [0.05, 0.1) is 0 Å². The van der Waals surface area contributed by atoms with Crippen molar-refractivity contribution in [3.63, 3.8) is 0 Å². The van der Waals surface area contributed by atoms with Crippen molar-refractivity contribution in [2.45, 2.75) is 13.3 Å². The molecular weight excluding hydrogens is 262 g/mol. The average molecular weight is 278 g/mol. The summed E-state index contributed by atoms with van der Waals surface area (Å²) >= 11 is 3.39. The third-order valence-electron chi connectivity index (χ3n) is 2.04. The van der Waals surface area contributed by atoms with Crippen molar-refractivity contribution < 1.29 is 0 Å². The summed E-state index contributed by atoms with van der Waals surface area (Å²) in [6.07, 6.45) is 2.91. The van der Waals surface area contributed by atoms with Crippen molar-refractivity contribution in [1.82, 2.24) is 4.98 Å². The number of alkyl halides is 1. The Balaban J connectivity index is 0.000000165. The van der Waals surface area contributed by atoms with Crippen LogP contribution >= 0.6 is 15.9 Å². The van der Waals surface area contributed by atoms with Crippen molar-refractivity contribution in [1.29, 1.82) is 0 Å². The van der Waals surface area contributed by atoms with E-state index < -0.39 is 0 Å². The van der Waals surface area contributed by atoms with Crippen LogP contribution in [0, 0.1) is 6.92 Å². The molecule has 84 valence electrons. The predicted octanol–water partition coefficient (Wildman–Crippen LogP) is 4.01. The second-order valence-corrected chi connectivity index (χ2v) is 4.19. The van der Waals surface area contributed by atoms with E-state index in [0.717, 1.165) is 17.4 Å². The number of hydrogen-bond donors (Lipinski definition) is 0. The maximum atomic E-state index is 3.98. The number of pyridine rings is 1. The lowest BCUT2D eigenvalue weighted by Gasteiger charge is -1.92. The van der Waals surface area contributed by atoms with Crippen LogP contribution < -0.4 is 0 Å². The summed E-state index contributed by atoms with van der Waals surface area (Å²) in [5.41, 5.74) is 2.47. The zero-order valence-corrected chi connectivity index (χ0v) is 11.0. The van der Waals surface area contributed by atoms with Crippen molar-refractivity contribution in [3.05, 3.63) is 66.0 Å². The molecule has 2 heteroatoms. The topological polar surface area (TPSA) is 12.9 Å². The second kappa shape index (κ2) is 8.05. The molecule has 0 aliphatic heterocycles. The molecule has 0 atom stereocenters. The minimum atomic E-state index is 1.05. The molecule has 0 unspecified atom stereocenters. The highest BCUT2D eigenvalue weighted by molar-refractivity contribution is 9.09. The molecule has 0 fully saturated rings. The van der Waals surface area contributed by atoms with E-state index in [1.807, 2.05) is 31.2 Å². The lowest BCUT2D eigenvalue weighted by atomic mass is 10.2. The van der Waals surface area contributed by atoms with Crippen LogP contribution in [0.4, 0.5) is 0 Å². The fourth-order valence-corrected chi connectivity index (χ4v) is 1.66. The van der Waals surface area contributed by atoms with Crippen LogP contribution in [0.5, 0.6) is 0 Å². The minimum Gasteiger partial charge on any atom is -0.262 e. The van der Waals surface area contributed by atoms with E-state index in [0.29, 0.717) is 0 Å². The standard InChI is InChI=1S/C8H9Br.C6H7N/c9-7-6-8-4-2-1-3-5-8;1-6-4-2-3-5-7-6/h1-5H,6-7H2;2-5H,1H3. The van der Waals surface area contributed by atoms with Gasteiger partial charge in [-0.25, -0.2) is 0 Å². The van der Waals surface area contributed by atoms with E-state index in [1.165, 1.54) is 5.56 Å². The van der Waals surface area contributed by atoms with E-state index in [4.69, 9.17) is 0 Å². The molecule has 1 aromatic carbocycles. The van der Waals surface area contributed by atoms with Crippen molar-refractivity contribution in [2.24, 2.45) is 0 Å². The van der Waals surface area contributed by atoms with Crippen LogP contribution in [-0.4, -0.2) is 10.3 Å². The van der Waals surface area contributed by atoms with Gasteiger partial charge >= 0.3 is 0 Å². The minimum absolute atomic E-state index is 1.05. The van der Waals surface area contributed by atoms with Gasteiger partial charge in [-0.2, -0.15) is 0 Å². The van der Waals surface area contributed by atoms with Crippen LogP contribution in [0.25, 0.3) is 0 Å². The third-order valence-corrected chi connectivity index (χ3v) is 2.44. The average Bonchev–Trinajstić information content (AvgIpc) is 2.33. The maximum Gasteiger partial charge on any atom is 0.0372 e. The van der Waals surface area contributed by atoms with Gasteiger partial charge in [-0.15, -0.1) is 0 Å². The monoisotopic (exact) mass is 277 g/mol. The Hall–Kier alpha value is -1.15. The normalized spacial score (nSPS) is 9.12. The Morgan fingerprint density at radius 3 is 2.12 bits per heavy atom. The Morgan fingerprint density at radius 2 is 1.69 bits per heavy atom. The molecule has 0 spiro atoms. The summed E-state index contributed by atoms with van der Waals surface area (Å²) in [7, 11) is 0. The zero-order chi connectivity index (χ0) is 11.6. The van der Waals surface area contributed by atoms with Gasteiger partial charge in [-0.1, -0.05) is 52.3 Å². The lowest BCUT2D eigenvalue weighted by Crippen LogP contribution is -1.82. The molecule has 0 aliphatic carbocycles. The van der Waals surface area contributed by atoms with Crippen LogP contribution in [0.3, 0.4) is 0 Å². The molecule has 0 saturated heterocycles. The molecule has 0 bridgehead atoms. The predicted molar refractivity (Wildman–Crippen MR) is 72.9 cm³/mol. The molecule has 0 amide bonds. The first-order chi connectivity index (χ1) is 7.83. The highest BCUT2D eigenvalue weighted by Crippen LogP contribution is 2.00. The van der Waals surface area contributed by atoms with Crippen LogP contribution in [0.1, 0.15) is 11.3 Å². The molecule has 0 radical (unpaired) electrons.